The number of hydrogen-bond donors (Lipinski definition) is 1. The van der Waals surface area contributed by atoms with Gasteiger partial charge < -0.3 is 4.74 Å². The van der Waals surface area contributed by atoms with E-state index >= 15 is 0 Å². The van der Waals surface area contributed by atoms with Crippen molar-refractivity contribution < 1.29 is 13.9 Å². The molecule has 0 aromatic heterocycles. The number of carbonyl (C=O) groups is 1. The number of nitrogens with one attached hydrogen (secondary N) is 1. The Morgan fingerprint density at radius 1 is 1.15 bits per heavy atom. The third-order valence-corrected chi connectivity index (χ3v) is 7.14. The second kappa shape index (κ2) is 9.14. The summed E-state index contributed by atoms with van der Waals surface area (Å²) in [5, 5.41) is 3.13. The van der Waals surface area contributed by atoms with Crippen LogP contribution in [0.5, 0.6) is 5.75 Å². The molecule has 1 spiro atoms. The van der Waals surface area contributed by atoms with Gasteiger partial charge in [0.05, 0.1) is 18.8 Å². The lowest BCUT2D eigenvalue weighted by molar-refractivity contribution is 0.250. The van der Waals surface area contributed by atoms with E-state index in [9.17, 15) is 9.18 Å². The monoisotopic (exact) mass is 450 g/mol. The van der Waals surface area contributed by atoms with Gasteiger partial charge in [0, 0.05) is 25.7 Å². The molecule has 6 nitrogen and oxygen atoms in total. The summed E-state index contributed by atoms with van der Waals surface area (Å²) in [4.78, 5) is 22.7. The third kappa shape index (κ3) is 4.34. The first-order valence-electron chi connectivity index (χ1n) is 11.9. The molecule has 2 aromatic rings. The number of likely N-dealkylation sites (tertiary alicyclic amines) is 1. The number of benzene rings is 2. The number of urea groups is 1. The number of rotatable bonds is 5. The van der Waals surface area contributed by atoms with Gasteiger partial charge in [-0.1, -0.05) is 37.5 Å². The van der Waals surface area contributed by atoms with Crippen molar-refractivity contribution >= 4 is 17.6 Å². The summed E-state index contributed by atoms with van der Waals surface area (Å²) in [6.07, 6.45) is 6.59. The minimum atomic E-state index is -0.541. The third-order valence-electron chi connectivity index (χ3n) is 7.14. The Hall–Kier alpha value is -2.93. The molecule has 174 valence electrons. The number of hydrogen-bond acceptors (Lipinski definition) is 4. The number of aliphatic imine (C=N–C) groups is 1. The Morgan fingerprint density at radius 2 is 1.94 bits per heavy atom. The van der Waals surface area contributed by atoms with Crippen molar-refractivity contribution in [2.24, 2.45) is 4.99 Å². The summed E-state index contributed by atoms with van der Waals surface area (Å²) < 4.78 is 18.8. The van der Waals surface area contributed by atoms with E-state index in [4.69, 9.17) is 9.73 Å². The molecule has 1 saturated carbocycles. The number of amidine groups is 1. The van der Waals surface area contributed by atoms with E-state index in [1.54, 1.807) is 7.11 Å². The number of ether oxygens (including phenoxy) is 1. The lowest BCUT2D eigenvalue weighted by Gasteiger charge is -2.34. The molecule has 1 N–H and O–H groups in total. The van der Waals surface area contributed by atoms with E-state index in [0.29, 0.717) is 18.8 Å². The molecule has 1 unspecified atom stereocenters. The second-order valence-electron chi connectivity index (χ2n) is 9.36. The van der Waals surface area contributed by atoms with Crippen LogP contribution < -0.4 is 15.0 Å². The van der Waals surface area contributed by atoms with Crippen LogP contribution in [-0.4, -0.2) is 48.5 Å². The van der Waals surface area contributed by atoms with E-state index < -0.39 is 5.54 Å². The summed E-state index contributed by atoms with van der Waals surface area (Å²) in [5.74, 6) is 1.28. The molecule has 0 bridgehead atoms. The highest BCUT2D eigenvalue weighted by atomic mass is 19.1. The predicted octanol–water partition coefficient (Wildman–Crippen LogP) is 4.74. The minimum Gasteiger partial charge on any atom is -0.497 e. The van der Waals surface area contributed by atoms with Crippen molar-refractivity contribution in [3.05, 3.63) is 59.9 Å². The maximum Gasteiger partial charge on any atom is 0.328 e. The van der Waals surface area contributed by atoms with Crippen LogP contribution in [0.25, 0.3) is 0 Å². The van der Waals surface area contributed by atoms with Gasteiger partial charge in [0.15, 0.2) is 0 Å². The number of amides is 2. The quantitative estimate of drug-likeness (QED) is 0.716. The smallest absolute Gasteiger partial charge is 0.328 e. The van der Waals surface area contributed by atoms with Gasteiger partial charge in [0.25, 0.3) is 0 Å². The van der Waals surface area contributed by atoms with Crippen LogP contribution in [0.1, 0.15) is 44.1 Å². The number of methoxy groups -OCH3 is 1. The second-order valence-corrected chi connectivity index (χ2v) is 9.36. The Bertz CT molecular complexity index is 1030. The Kier molecular flexibility index (Phi) is 6.06. The molecule has 5 rings (SSSR count). The van der Waals surface area contributed by atoms with Crippen molar-refractivity contribution in [2.45, 2.75) is 56.7 Å². The molecule has 2 amide bonds. The van der Waals surface area contributed by atoms with Crippen molar-refractivity contribution in [3.8, 4) is 5.75 Å². The zero-order valence-corrected chi connectivity index (χ0v) is 19.1. The van der Waals surface area contributed by atoms with Gasteiger partial charge in [-0.3, -0.25) is 20.1 Å². The van der Waals surface area contributed by atoms with E-state index in [1.165, 1.54) is 31.4 Å². The normalized spacial score (nSPS) is 25.2. The fraction of sp³-hybridized carbons (Fsp3) is 0.462. The van der Waals surface area contributed by atoms with Crippen molar-refractivity contribution in [1.29, 1.82) is 0 Å². The molecule has 3 fully saturated rings. The fourth-order valence-electron chi connectivity index (χ4n) is 5.46. The molecular formula is C26H31FN4O2. The van der Waals surface area contributed by atoms with Crippen LogP contribution in [0.15, 0.2) is 53.5 Å². The maximum absolute atomic E-state index is 13.4. The van der Waals surface area contributed by atoms with Gasteiger partial charge in [-0.25, -0.2) is 9.18 Å². The Labute approximate surface area is 194 Å². The summed E-state index contributed by atoms with van der Waals surface area (Å²) in [6, 6.07) is 14.4. The van der Waals surface area contributed by atoms with E-state index in [0.717, 1.165) is 42.9 Å². The van der Waals surface area contributed by atoms with Crippen LogP contribution in [0.4, 0.5) is 14.9 Å². The highest BCUT2D eigenvalue weighted by molar-refractivity contribution is 6.19. The average Bonchev–Trinajstić information content (AvgIpc) is 3.36. The molecule has 33 heavy (non-hydrogen) atoms. The summed E-state index contributed by atoms with van der Waals surface area (Å²) in [5.41, 5.74) is 1.33. The fourth-order valence-corrected chi connectivity index (χ4v) is 5.46. The van der Waals surface area contributed by atoms with Gasteiger partial charge in [-0.05, 0) is 49.1 Å². The van der Waals surface area contributed by atoms with Crippen molar-refractivity contribution in [1.82, 2.24) is 10.2 Å². The molecule has 7 heteroatoms. The molecule has 2 aliphatic heterocycles. The van der Waals surface area contributed by atoms with Gasteiger partial charge in [0.1, 0.15) is 22.9 Å². The highest BCUT2D eigenvalue weighted by Gasteiger charge is 2.55. The lowest BCUT2D eigenvalue weighted by atomic mass is 9.93. The zero-order valence-electron chi connectivity index (χ0n) is 19.1. The average molecular weight is 451 g/mol. The largest absolute Gasteiger partial charge is 0.497 e. The molecule has 2 saturated heterocycles. The van der Waals surface area contributed by atoms with Crippen molar-refractivity contribution in [3.63, 3.8) is 0 Å². The van der Waals surface area contributed by atoms with E-state index in [2.05, 4.69) is 10.2 Å². The van der Waals surface area contributed by atoms with E-state index in [1.807, 2.05) is 41.3 Å². The van der Waals surface area contributed by atoms with Crippen LogP contribution in [0.3, 0.4) is 0 Å². The van der Waals surface area contributed by atoms with Crippen LogP contribution in [0.2, 0.25) is 0 Å². The SMILES string of the molecule is COc1cccc(N2C(=O)NC(=NC3CCCCC3)C23CCN(Cc2ccc(F)cc2)C3)c1. The van der Waals surface area contributed by atoms with Gasteiger partial charge in [-0.2, -0.15) is 0 Å². The van der Waals surface area contributed by atoms with Gasteiger partial charge in [0.2, 0.25) is 0 Å². The number of halogens is 1. The van der Waals surface area contributed by atoms with Gasteiger partial charge >= 0.3 is 6.03 Å². The summed E-state index contributed by atoms with van der Waals surface area (Å²) in [6.45, 7) is 2.21. The number of anilines is 1. The summed E-state index contributed by atoms with van der Waals surface area (Å²) in [7, 11) is 1.63. The first-order chi connectivity index (χ1) is 16.1. The molecular weight excluding hydrogens is 419 g/mol. The minimum absolute atomic E-state index is 0.138. The number of nitrogens with zero attached hydrogens (tertiary/aromatic N) is 3. The number of carbonyl (C=O) groups excluding carboxylic acids is 1. The van der Waals surface area contributed by atoms with Gasteiger partial charge in [-0.15, -0.1) is 0 Å². The predicted molar refractivity (Wildman–Crippen MR) is 127 cm³/mol. The molecule has 2 aromatic carbocycles. The van der Waals surface area contributed by atoms with Crippen LogP contribution in [-0.2, 0) is 6.54 Å². The maximum atomic E-state index is 13.4. The standard InChI is InChI=1S/C26H31FN4O2/c1-33-23-9-5-8-22(16-23)31-25(32)29-24(28-21-6-3-2-4-7-21)26(31)14-15-30(18-26)17-19-10-12-20(27)13-11-19/h5,8-13,16,21H,2-4,6-7,14-15,17-18H2,1H3,(H,28,29,32). The zero-order chi connectivity index (χ0) is 22.8. The molecule has 0 radical (unpaired) electrons. The molecule has 1 aliphatic carbocycles. The molecule has 2 heterocycles. The molecule has 3 aliphatic rings. The first-order valence-corrected chi connectivity index (χ1v) is 11.9. The lowest BCUT2D eigenvalue weighted by Crippen LogP contribution is -2.52. The van der Waals surface area contributed by atoms with Crippen LogP contribution in [0, 0.1) is 5.82 Å². The Morgan fingerprint density at radius 3 is 2.70 bits per heavy atom. The highest BCUT2D eigenvalue weighted by Crippen LogP contribution is 2.39. The summed E-state index contributed by atoms with van der Waals surface area (Å²) >= 11 is 0. The molecule has 1 atom stereocenters. The van der Waals surface area contributed by atoms with Crippen LogP contribution >= 0.6 is 0 Å². The van der Waals surface area contributed by atoms with Crippen molar-refractivity contribution in [2.75, 3.05) is 25.1 Å². The van der Waals surface area contributed by atoms with E-state index in [-0.39, 0.29) is 17.9 Å². The topological polar surface area (TPSA) is 57.2 Å². The first kappa shape index (κ1) is 21.9. The Balaban J connectivity index is 1.48.